The minimum Gasteiger partial charge on any atom is -0.435 e. The zero-order valence-corrected chi connectivity index (χ0v) is 15.8. The second-order valence-corrected chi connectivity index (χ2v) is 6.40. The van der Waals surface area contributed by atoms with Gasteiger partial charge in [0.15, 0.2) is 11.5 Å². The first kappa shape index (κ1) is 19.3. The third-order valence-corrected chi connectivity index (χ3v) is 4.27. The zero-order valence-electron chi connectivity index (χ0n) is 15.8. The van der Waals surface area contributed by atoms with Crippen molar-refractivity contribution < 1.29 is 18.3 Å². The molecular formula is C21H17F2N5O2. The number of fused-ring (bicyclic) bond motifs is 1. The quantitative estimate of drug-likeness (QED) is 0.483. The van der Waals surface area contributed by atoms with Crippen LogP contribution < -0.4 is 15.4 Å². The van der Waals surface area contributed by atoms with Crippen molar-refractivity contribution in [3.05, 3.63) is 67.1 Å². The fourth-order valence-electron chi connectivity index (χ4n) is 3.00. The van der Waals surface area contributed by atoms with E-state index in [9.17, 15) is 13.6 Å². The van der Waals surface area contributed by atoms with Crippen molar-refractivity contribution in [2.75, 3.05) is 10.6 Å². The Morgan fingerprint density at radius 2 is 1.73 bits per heavy atom. The molecule has 0 bridgehead atoms. The molecule has 0 saturated carbocycles. The standard InChI is InChI=1S/C21H17F2N5O2/c1-13(29)26-15-4-6-16(7-5-15)27-19-20-25-12-18(28(20)11-10-24-19)14-2-8-17(9-3-14)30-21(22)23/h2-12,21H,1H3,(H,24,27)(H,26,29). The van der Waals surface area contributed by atoms with Gasteiger partial charge in [-0.1, -0.05) is 0 Å². The number of carbonyl (C=O) groups is 1. The highest BCUT2D eigenvalue weighted by Gasteiger charge is 2.11. The summed E-state index contributed by atoms with van der Waals surface area (Å²) in [4.78, 5) is 19.9. The monoisotopic (exact) mass is 409 g/mol. The molecule has 0 saturated heterocycles. The van der Waals surface area contributed by atoms with Crippen molar-refractivity contribution in [2.45, 2.75) is 13.5 Å². The highest BCUT2D eigenvalue weighted by molar-refractivity contribution is 5.89. The van der Waals surface area contributed by atoms with Crippen LogP contribution in [-0.2, 0) is 4.79 Å². The lowest BCUT2D eigenvalue weighted by Crippen LogP contribution is -2.05. The summed E-state index contributed by atoms with van der Waals surface area (Å²) < 4.78 is 30.9. The van der Waals surface area contributed by atoms with Crippen LogP contribution in [0.15, 0.2) is 67.1 Å². The van der Waals surface area contributed by atoms with Crippen molar-refractivity contribution in [3.63, 3.8) is 0 Å². The number of imidazole rings is 1. The number of ether oxygens (including phenoxy) is 1. The highest BCUT2D eigenvalue weighted by Crippen LogP contribution is 2.27. The van der Waals surface area contributed by atoms with E-state index in [1.807, 2.05) is 16.5 Å². The Labute approximate surface area is 170 Å². The summed E-state index contributed by atoms with van der Waals surface area (Å²) in [6.07, 6.45) is 5.10. The number of benzene rings is 2. The number of hydrogen-bond donors (Lipinski definition) is 2. The summed E-state index contributed by atoms with van der Waals surface area (Å²) >= 11 is 0. The Morgan fingerprint density at radius 1 is 1.03 bits per heavy atom. The van der Waals surface area contributed by atoms with E-state index < -0.39 is 6.61 Å². The minimum atomic E-state index is -2.86. The summed E-state index contributed by atoms with van der Waals surface area (Å²) in [5.74, 6) is 0.504. The number of hydrogen-bond acceptors (Lipinski definition) is 5. The van der Waals surface area contributed by atoms with E-state index >= 15 is 0 Å². The molecule has 2 aromatic heterocycles. The Hall–Kier alpha value is -4.01. The molecule has 2 aromatic carbocycles. The molecule has 0 aliphatic rings. The normalized spacial score (nSPS) is 10.9. The van der Waals surface area contributed by atoms with Crippen molar-refractivity contribution >= 4 is 28.7 Å². The number of rotatable bonds is 6. The first-order chi connectivity index (χ1) is 14.5. The molecule has 2 N–H and O–H groups in total. The maximum absolute atomic E-state index is 12.3. The molecule has 0 aliphatic carbocycles. The maximum atomic E-state index is 12.3. The zero-order chi connectivity index (χ0) is 21.1. The van der Waals surface area contributed by atoms with Gasteiger partial charge in [-0.3, -0.25) is 9.20 Å². The van der Waals surface area contributed by atoms with Crippen molar-refractivity contribution in [3.8, 4) is 17.0 Å². The lowest BCUT2D eigenvalue weighted by molar-refractivity contribution is -0.114. The Morgan fingerprint density at radius 3 is 2.40 bits per heavy atom. The molecule has 7 nitrogen and oxygen atoms in total. The van der Waals surface area contributed by atoms with Gasteiger partial charge in [0.2, 0.25) is 5.91 Å². The fourth-order valence-corrected chi connectivity index (χ4v) is 3.00. The SMILES string of the molecule is CC(=O)Nc1ccc(Nc2nccn3c(-c4ccc(OC(F)F)cc4)cnc23)cc1. The second-order valence-electron chi connectivity index (χ2n) is 6.40. The van der Waals surface area contributed by atoms with E-state index in [-0.39, 0.29) is 11.7 Å². The minimum absolute atomic E-state index is 0.0919. The number of aromatic nitrogens is 3. The lowest BCUT2D eigenvalue weighted by Gasteiger charge is -2.09. The molecule has 0 aliphatic heterocycles. The van der Waals surface area contributed by atoms with Gasteiger partial charge in [-0.15, -0.1) is 0 Å². The average molecular weight is 409 g/mol. The van der Waals surface area contributed by atoms with Crippen LogP contribution in [0.25, 0.3) is 16.9 Å². The molecule has 152 valence electrons. The molecule has 9 heteroatoms. The molecule has 0 atom stereocenters. The predicted octanol–water partition coefficient (Wildman–Crippen LogP) is 4.70. The number of anilines is 3. The maximum Gasteiger partial charge on any atom is 0.387 e. The lowest BCUT2D eigenvalue weighted by atomic mass is 10.1. The van der Waals surface area contributed by atoms with E-state index in [0.717, 1.165) is 16.9 Å². The third-order valence-electron chi connectivity index (χ3n) is 4.27. The summed E-state index contributed by atoms with van der Waals surface area (Å²) in [6, 6.07) is 13.6. The van der Waals surface area contributed by atoms with Crippen LogP contribution in [0, 0.1) is 0 Å². The number of amides is 1. The first-order valence-corrected chi connectivity index (χ1v) is 9.01. The van der Waals surface area contributed by atoms with Crippen LogP contribution in [0.3, 0.4) is 0 Å². The van der Waals surface area contributed by atoms with Crippen LogP contribution >= 0.6 is 0 Å². The van der Waals surface area contributed by atoms with E-state index in [0.29, 0.717) is 17.2 Å². The average Bonchev–Trinajstić information content (AvgIpc) is 3.14. The molecule has 0 unspecified atom stereocenters. The largest absolute Gasteiger partial charge is 0.435 e. The van der Waals surface area contributed by atoms with Crippen molar-refractivity contribution in [1.29, 1.82) is 0 Å². The number of carbonyl (C=O) groups excluding carboxylic acids is 1. The van der Waals surface area contributed by atoms with E-state index in [1.54, 1.807) is 42.9 Å². The molecule has 0 fully saturated rings. The third kappa shape index (κ3) is 4.19. The number of halogens is 2. The molecule has 1 amide bonds. The first-order valence-electron chi connectivity index (χ1n) is 9.01. The second kappa shape index (κ2) is 8.16. The van der Waals surface area contributed by atoms with Gasteiger partial charge < -0.3 is 15.4 Å². The van der Waals surface area contributed by atoms with E-state index in [4.69, 9.17) is 0 Å². The van der Waals surface area contributed by atoms with Gasteiger partial charge in [0.25, 0.3) is 0 Å². The van der Waals surface area contributed by atoms with Gasteiger partial charge >= 0.3 is 6.61 Å². The van der Waals surface area contributed by atoms with E-state index in [1.165, 1.54) is 19.1 Å². The van der Waals surface area contributed by atoms with Gasteiger partial charge in [-0.2, -0.15) is 8.78 Å². The van der Waals surface area contributed by atoms with Crippen LogP contribution in [0.1, 0.15) is 6.92 Å². The van der Waals surface area contributed by atoms with Crippen LogP contribution in [0.2, 0.25) is 0 Å². The molecule has 4 rings (SSSR count). The van der Waals surface area contributed by atoms with Crippen LogP contribution in [0.4, 0.5) is 26.0 Å². The Kier molecular flexibility index (Phi) is 5.25. The number of nitrogens with zero attached hydrogens (tertiary/aromatic N) is 3. The highest BCUT2D eigenvalue weighted by atomic mass is 19.3. The Bertz CT molecular complexity index is 1170. The summed E-state index contributed by atoms with van der Waals surface area (Å²) in [5, 5.41) is 5.92. The summed E-state index contributed by atoms with van der Waals surface area (Å²) in [7, 11) is 0. The molecule has 30 heavy (non-hydrogen) atoms. The number of nitrogens with one attached hydrogen (secondary N) is 2. The topological polar surface area (TPSA) is 80.6 Å². The van der Waals surface area contributed by atoms with Crippen LogP contribution in [0.5, 0.6) is 5.75 Å². The smallest absolute Gasteiger partial charge is 0.387 e. The van der Waals surface area contributed by atoms with Gasteiger partial charge in [-0.25, -0.2) is 9.97 Å². The summed E-state index contributed by atoms with van der Waals surface area (Å²) in [5.41, 5.74) is 3.65. The molecule has 2 heterocycles. The number of alkyl halides is 2. The molecular weight excluding hydrogens is 392 g/mol. The summed E-state index contributed by atoms with van der Waals surface area (Å²) in [6.45, 7) is -1.41. The van der Waals surface area contributed by atoms with E-state index in [2.05, 4.69) is 25.3 Å². The van der Waals surface area contributed by atoms with Crippen molar-refractivity contribution in [1.82, 2.24) is 14.4 Å². The van der Waals surface area contributed by atoms with Gasteiger partial charge in [0.05, 0.1) is 11.9 Å². The predicted molar refractivity (Wildman–Crippen MR) is 109 cm³/mol. The van der Waals surface area contributed by atoms with Gasteiger partial charge in [0.1, 0.15) is 5.75 Å². The van der Waals surface area contributed by atoms with Crippen LogP contribution in [-0.4, -0.2) is 26.9 Å². The van der Waals surface area contributed by atoms with Gasteiger partial charge in [-0.05, 0) is 48.5 Å². The van der Waals surface area contributed by atoms with Crippen molar-refractivity contribution in [2.24, 2.45) is 0 Å². The molecule has 4 aromatic rings. The fraction of sp³-hybridized carbons (Fsp3) is 0.0952. The molecule has 0 radical (unpaired) electrons. The molecule has 0 spiro atoms. The van der Waals surface area contributed by atoms with Gasteiger partial charge in [0, 0.05) is 36.3 Å². The Balaban J connectivity index is 1.59.